The predicted molar refractivity (Wildman–Crippen MR) is 112 cm³/mol. The standard InChI is InChI=1S/C18H17BrFN7O4S/c1-30-16-17(32)31-12(8-28)15(29)18(16,10-4-9(19)6-22-11(10)5-21)27-7-14(23-25-27)26-3-2-13(20)24-26/h2-4,6-7,12,15-17,28-29,32H,8H2,1H3/t12-,15+,16+,17-,18+/m0/s1. The van der Waals surface area contributed by atoms with Crippen LogP contribution in [0.15, 0.2) is 35.2 Å². The number of methoxy groups -OCH3 is 1. The molecule has 2 N–H and O–H groups in total. The van der Waals surface area contributed by atoms with Crippen LogP contribution < -0.4 is 0 Å². The SMILES string of the molecule is CO[C@@H]1[C@H](S)O[C@@H](CO)[C@@H](O)[C@@]1(c1cc(Br)cnc1C#N)n1cc(-n2ccc(F)n2)nn1. The Hall–Kier alpha value is -2.41. The molecule has 1 fully saturated rings. The summed E-state index contributed by atoms with van der Waals surface area (Å²) >= 11 is 7.81. The molecule has 5 atom stereocenters. The molecule has 0 aliphatic carbocycles. The largest absolute Gasteiger partial charge is 0.394 e. The number of hydrogen-bond donors (Lipinski definition) is 3. The van der Waals surface area contributed by atoms with Crippen LogP contribution >= 0.6 is 28.6 Å². The third-order valence-electron chi connectivity index (χ3n) is 5.29. The van der Waals surface area contributed by atoms with Crippen molar-refractivity contribution in [1.82, 2.24) is 29.8 Å². The fourth-order valence-electron chi connectivity index (χ4n) is 3.94. The number of hydrogen-bond acceptors (Lipinski definition) is 10. The normalized spacial score (nSPS) is 27.9. The summed E-state index contributed by atoms with van der Waals surface area (Å²) in [6.07, 6.45) is 0.589. The highest BCUT2D eigenvalue weighted by molar-refractivity contribution is 9.10. The molecule has 3 aromatic heterocycles. The zero-order valence-corrected chi connectivity index (χ0v) is 18.9. The monoisotopic (exact) mass is 525 g/mol. The van der Waals surface area contributed by atoms with E-state index in [1.54, 1.807) is 6.07 Å². The molecule has 4 heterocycles. The Morgan fingerprint density at radius 3 is 2.91 bits per heavy atom. The highest BCUT2D eigenvalue weighted by Crippen LogP contribution is 2.45. The summed E-state index contributed by atoms with van der Waals surface area (Å²) in [4.78, 5) is 4.16. The van der Waals surface area contributed by atoms with Gasteiger partial charge in [-0.3, -0.25) is 0 Å². The van der Waals surface area contributed by atoms with Crippen LogP contribution in [-0.2, 0) is 15.0 Å². The van der Waals surface area contributed by atoms with Crippen LogP contribution in [0.25, 0.3) is 5.82 Å². The van der Waals surface area contributed by atoms with Crippen molar-refractivity contribution in [1.29, 1.82) is 5.26 Å². The van der Waals surface area contributed by atoms with E-state index in [0.29, 0.717) is 4.47 Å². The van der Waals surface area contributed by atoms with Crippen LogP contribution in [-0.4, -0.2) is 77.4 Å². The second-order valence-corrected chi connectivity index (χ2v) is 8.36. The van der Waals surface area contributed by atoms with E-state index in [2.05, 4.69) is 49.0 Å². The molecule has 0 unspecified atom stereocenters. The number of nitrogens with zero attached hydrogens (tertiary/aromatic N) is 7. The number of nitriles is 1. The molecule has 0 saturated carbocycles. The Balaban J connectivity index is 2.03. The Bertz CT molecular complexity index is 1170. The second-order valence-electron chi connectivity index (χ2n) is 6.94. The molecular formula is C18H17BrFN7O4S. The van der Waals surface area contributed by atoms with Gasteiger partial charge in [0.05, 0.1) is 12.8 Å². The molecule has 0 aromatic carbocycles. The molecule has 0 spiro atoms. The smallest absolute Gasteiger partial charge is 0.233 e. The molecule has 11 nitrogen and oxygen atoms in total. The molecule has 0 amide bonds. The number of ether oxygens (including phenoxy) is 2. The fraction of sp³-hybridized carbons (Fsp3) is 0.389. The van der Waals surface area contributed by atoms with Crippen molar-refractivity contribution in [3.05, 3.63) is 52.4 Å². The second kappa shape index (κ2) is 8.85. The van der Waals surface area contributed by atoms with Crippen LogP contribution in [0.4, 0.5) is 4.39 Å². The lowest BCUT2D eigenvalue weighted by molar-refractivity contribution is -0.213. The number of halogens is 2. The molecule has 1 saturated heterocycles. The number of aliphatic hydroxyl groups is 2. The summed E-state index contributed by atoms with van der Waals surface area (Å²) in [7, 11) is 1.39. The van der Waals surface area contributed by atoms with Gasteiger partial charge < -0.3 is 19.7 Å². The molecule has 0 bridgehead atoms. The molecular weight excluding hydrogens is 509 g/mol. The maximum Gasteiger partial charge on any atom is 0.233 e. The zero-order chi connectivity index (χ0) is 23.0. The van der Waals surface area contributed by atoms with Gasteiger partial charge in [0, 0.05) is 35.6 Å². The van der Waals surface area contributed by atoms with E-state index < -0.39 is 41.8 Å². The summed E-state index contributed by atoms with van der Waals surface area (Å²) < 4.78 is 27.7. The maximum absolute atomic E-state index is 13.4. The van der Waals surface area contributed by atoms with E-state index in [1.165, 1.54) is 30.4 Å². The first-order chi connectivity index (χ1) is 15.4. The van der Waals surface area contributed by atoms with Crippen molar-refractivity contribution < 1.29 is 24.1 Å². The quantitative estimate of drug-likeness (QED) is 0.403. The minimum atomic E-state index is -1.66. The van der Waals surface area contributed by atoms with Gasteiger partial charge >= 0.3 is 0 Å². The van der Waals surface area contributed by atoms with Crippen molar-refractivity contribution in [3.63, 3.8) is 0 Å². The first-order valence-corrected chi connectivity index (χ1v) is 10.5. The average Bonchev–Trinajstić information content (AvgIpc) is 3.44. The van der Waals surface area contributed by atoms with Crippen molar-refractivity contribution >= 4 is 28.6 Å². The highest BCUT2D eigenvalue weighted by Gasteiger charge is 2.60. The van der Waals surface area contributed by atoms with E-state index in [4.69, 9.17) is 9.47 Å². The molecule has 32 heavy (non-hydrogen) atoms. The summed E-state index contributed by atoms with van der Waals surface area (Å²) in [5, 5.41) is 43.0. The van der Waals surface area contributed by atoms with Crippen molar-refractivity contribution in [2.75, 3.05) is 13.7 Å². The Morgan fingerprint density at radius 2 is 2.28 bits per heavy atom. The molecule has 0 radical (unpaired) electrons. The average molecular weight is 526 g/mol. The van der Waals surface area contributed by atoms with Gasteiger partial charge in [-0.25, -0.2) is 14.3 Å². The molecule has 1 aliphatic heterocycles. The van der Waals surface area contributed by atoms with E-state index in [9.17, 15) is 19.9 Å². The van der Waals surface area contributed by atoms with Crippen LogP contribution in [0.5, 0.6) is 0 Å². The summed E-state index contributed by atoms with van der Waals surface area (Å²) in [5.41, 5.74) is -2.39. The summed E-state index contributed by atoms with van der Waals surface area (Å²) in [6, 6.07) is 4.75. The summed E-state index contributed by atoms with van der Waals surface area (Å²) in [5.74, 6) is -0.576. The van der Waals surface area contributed by atoms with Gasteiger partial charge in [0.1, 0.15) is 41.0 Å². The molecule has 1 aliphatic rings. The lowest BCUT2D eigenvalue weighted by atomic mass is 9.75. The van der Waals surface area contributed by atoms with Crippen LogP contribution in [0.2, 0.25) is 0 Å². The lowest BCUT2D eigenvalue weighted by Crippen LogP contribution is -2.68. The Morgan fingerprint density at radius 1 is 1.50 bits per heavy atom. The minimum absolute atomic E-state index is 0.0180. The van der Waals surface area contributed by atoms with Gasteiger partial charge in [-0.2, -0.15) is 9.65 Å². The molecule has 14 heteroatoms. The maximum atomic E-state index is 13.4. The van der Waals surface area contributed by atoms with Gasteiger partial charge in [0.15, 0.2) is 5.82 Å². The zero-order valence-electron chi connectivity index (χ0n) is 16.4. The minimum Gasteiger partial charge on any atom is -0.394 e. The van der Waals surface area contributed by atoms with Gasteiger partial charge in [0.25, 0.3) is 0 Å². The van der Waals surface area contributed by atoms with Gasteiger partial charge in [0.2, 0.25) is 5.95 Å². The van der Waals surface area contributed by atoms with Crippen LogP contribution in [0.3, 0.4) is 0 Å². The third-order valence-corrected chi connectivity index (χ3v) is 6.11. The molecule has 4 rings (SSSR count). The van der Waals surface area contributed by atoms with E-state index in [-0.39, 0.29) is 17.1 Å². The number of aliphatic hydroxyl groups excluding tert-OH is 2. The van der Waals surface area contributed by atoms with Crippen molar-refractivity contribution in [2.24, 2.45) is 0 Å². The Kier molecular flexibility index (Phi) is 6.30. The van der Waals surface area contributed by atoms with Crippen molar-refractivity contribution in [3.8, 4) is 11.9 Å². The first kappa shape index (κ1) is 22.8. The number of pyridine rings is 1. The molecule has 3 aromatic rings. The topological polar surface area (TPSA) is 144 Å². The van der Waals surface area contributed by atoms with E-state index >= 15 is 0 Å². The van der Waals surface area contributed by atoms with E-state index in [0.717, 1.165) is 10.7 Å². The third kappa shape index (κ3) is 3.51. The number of thiol groups is 1. The lowest BCUT2D eigenvalue weighted by Gasteiger charge is -2.51. The molecule has 168 valence electrons. The van der Waals surface area contributed by atoms with Gasteiger partial charge in [-0.15, -0.1) is 22.8 Å². The van der Waals surface area contributed by atoms with Crippen LogP contribution in [0.1, 0.15) is 11.3 Å². The number of aromatic nitrogens is 6. The Labute approximate surface area is 194 Å². The predicted octanol–water partition coefficient (Wildman–Crippen LogP) is 0.399. The van der Waals surface area contributed by atoms with Crippen molar-refractivity contribution in [2.45, 2.75) is 29.3 Å². The summed E-state index contributed by atoms with van der Waals surface area (Å²) in [6.45, 7) is -0.550. The number of rotatable bonds is 5. The fourth-order valence-corrected chi connectivity index (χ4v) is 4.78. The van der Waals surface area contributed by atoms with E-state index in [1.807, 2.05) is 6.07 Å². The van der Waals surface area contributed by atoms with Crippen LogP contribution in [0, 0.1) is 17.3 Å². The van der Waals surface area contributed by atoms with Gasteiger partial charge in [-0.1, -0.05) is 5.21 Å². The van der Waals surface area contributed by atoms with Gasteiger partial charge in [-0.05, 0) is 22.0 Å². The highest BCUT2D eigenvalue weighted by atomic mass is 79.9. The first-order valence-electron chi connectivity index (χ1n) is 9.22.